The minimum absolute atomic E-state index is 0.519. The molecule has 1 aromatic rings. The summed E-state index contributed by atoms with van der Waals surface area (Å²) in [6.07, 6.45) is -6.24. The van der Waals surface area contributed by atoms with Crippen LogP contribution in [0.1, 0.15) is 32.4 Å². The lowest BCUT2D eigenvalue weighted by Gasteiger charge is -2.25. The van der Waals surface area contributed by atoms with Crippen LogP contribution in [0.3, 0.4) is 0 Å². The Labute approximate surface area is 118 Å². The van der Waals surface area contributed by atoms with Gasteiger partial charge < -0.3 is 15.2 Å². The van der Waals surface area contributed by atoms with Gasteiger partial charge in [-0.05, 0) is 26.8 Å². The number of nitrogens with one attached hydrogen (secondary N) is 1. The fourth-order valence-electron chi connectivity index (χ4n) is 1.51. The smallest absolute Gasteiger partial charge is 0.413 e. The van der Waals surface area contributed by atoms with Crippen LogP contribution in [-0.2, 0) is 4.74 Å². The third kappa shape index (κ3) is 5.13. The summed E-state index contributed by atoms with van der Waals surface area (Å²) < 4.78 is 57.2. The Hall–Kier alpha value is -1.99. The maximum absolute atomic E-state index is 13.6. The highest BCUT2D eigenvalue weighted by molar-refractivity contribution is 5.68. The van der Waals surface area contributed by atoms with Gasteiger partial charge in [-0.1, -0.05) is 6.07 Å². The zero-order valence-electron chi connectivity index (χ0n) is 11.6. The molecule has 0 aliphatic rings. The second-order valence-corrected chi connectivity index (χ2v) is 5.33. The number of phenols is 1. The molecule has 0 aliphatic carbocycles. The van der Waals surface area contributed by atoms with E-state index in [0.717, 1.165) is 12.1 Å². The number of alkyl halides is 3. The summed E-state index contributed by atoms with van der Waals surface area (Å²) >= 11 is 0. The van der Waals surface area contributed by atoms with E-state index in [1.165, 1.54) is 20.8 Å². The van der Waals surface area contributed by atoms with E-state index in [0.29, 0.717) is 6.07 Å². The summed E-state index contributed by atoms with van der Waals surface area (Å²) in [6, 6.07) is -0.396. The third-order valence-electron chi connectivity index (χ3n) is 2.28. The van der Waals surface area contributed by atoms with E-state index >= 15 is 0 Å². The number of rotatable bonds is 2. The van der Waals surface area contributed by atoms with E-state index in [9.17, 15) is 22.4 Å². The fraction of sp³-hybridized carbons (Fsp3) is 0.462. The average Bonchev–Trinajstić information content (AvgIpc) is 2.22. The van der Waals surface area contributed by atoms with Gasteiger partial charge in [-0.25, -0.2) is 9.18 Å². The van der Waals surface area contributed by atoms with E-state index in [1.54, 1.807) is 5.32 Å². The molecule has 0 radical (unpaired) electrons. The van der Waals surface area contributed by atoms with Crippen molar-refractivity contribution in [1.82, 2.24) is 5.32 Å². The van der Waals surface area contributed by atoms with Crippen molar-refractivity contribution >= 4 is 6.09 Å². The maximum Gasteiger partial charge on any atom is 0.413 e. The van der Waals surface area contributed by atoms with Gasteiger partial charge in [0.15, 0.2) is 6.04 Å². The Morgan fingerprint density at radius 1 is 1.29 bits per heavy atom. The second kappa shape index (κ2) is 5.79. The first-order valence-electron chi connectivity index (χ1n) is 5.95. The first-order chi connectivity index (χ1) is 9.40. The van der Waals surface area contributed by atoms with E-state index < -0.39 is 41.0 Å². The number of benzene rings is 1. The number of halogens is 4. The Balaban J connectivity index is 3.05. The lowest BCUT2D eigenvalue weighted by molar-refractivity contribution is -0.157. The molecule has 0 unspecified atom stereocenters. The molecule has 2 N–H and O–H groups in total. The van der Waals surface area contributed by atoms with E-state index in [-0.39, 0.29) is 0 Å². The largest absolute Gasteiger partial charge is 0.508 e. The Kier molecular flexibility index (Phi) is 4.70. The zero-order valence-corrected chi connectivity index (χ0v) is 11.6. The molecule has 8 heteroatoms. The van der Waals surface area contributed by atoms with Crippen LogP contribution < -0.4 is 5.32 Å². The maximum atomic E-state index is 13.6. The first kappa shape index (κ1) is 17.1. The minimum Gasteiger partial charge on any atom is -0.508 e. The van der Waals surface area contributed by atoms with E-state index in [1.807, 2.05) is 0 Å². The van der Waals surface area contributed by atoms with Crippen LogP contribution in [0.15, 0.2) is 18.2 Å². The summed E-state index contributed by atoms with van der Waals surface area (Å²) in [5.41, 5.74) is -1.81. The minimum atomic E-state index is -4.92. The van der Waals surface area contributed by atoms with Gasteiger partial charge in [0.1, 0.15) is 17.2 Å². The molecule has 118 valence electrons. The topological polar surface area (TPSA) is 58.6 Å². The molecule has 0 bridgehead atoms. The van der Waals surface area contributed by atoms with Gasteiger partial charge in [-0.2, -0.15) is 13.2 Å². The number of carbonyl (C=O) groups is 1. The van der Waals surface area contributed by atoms with E-state index in [2.05, 4.69) is 0 Å². The van der Waals surface area contributed by atoms with Crippen LogP contribution >= 0.6 is 0 Å². The summed E-state index contributed by atoms with van der Waals surface area (Å²) in [4.78, 5) is 11.5. The monoisotopic (exact) mass is 309 g/mol. The van der Waals surface area contributed by atoms with Crippen LogP contribution in [0.25, 0.3) is 0 Å². The molecule has 0 saturated carbocycles. The molecular formula is C13H15F4NO3. The number of hydrogen-bond donors (Lipinski definition) is 2. The van der Waals surface area contributed by atoms with Gasteiger partial charge in [-0.3, -0.25) is 0 Å². The number of amides is 1. The van der Waals surface area contributed by atoms with Gasteiger partial charge in [-0.15, -0.1) is 0 Å². The van der Waals surface area contributed by atoms with Crippen molar-refractivity contribution in [2.24, 2.45) is 0 Å². The van der Waals surface area contributed by atoms with Gasteiger partial charge in [0.2, 0.25) is 0 Å². The lowest BCUT2D eigenvalue weighted by Crippen LogP contribution is -2.41. The molecule has 1 rings (SSSR count). The molecule has 21 heavy (non-hydrogen) atoms. The van der Waals surface area contributed by atoms with Gasteiger partial charge in [0.05, 0.1) is 0 Å². The number of ether oxygens (including phenoxy) is 1. The van der Waals surface area contributed by atoms with Crippen molar-refractivity contribution in [1.29, 1.82) is 0 Å². The predicted octanol–water partition coefficient (Wildman–Crippen LogP) is 3.66. The van der Waals surface area contributed by atoms with Gasteiger partial charge in [0.25, 0.3) is 0 Å². The predicted molar refractivity (Wildman–Crippen MR) is 66.2 cm³/mol. The summed E-state index contributed by atoms with van der Waals surface area (Å²) in [7, 11) is 0. The van der Waals surface area contributed by atoms with Gasteiger partial charge in [0, 0.05) is 11.6 Å². The zero-order chi connectivity index (χ0) is 16.4. The van der Waals surface area contributed by atoms with Crippen molar-refractivity contribution in [2.45, 2.75) is 38.6 Å². The average molecular weight is 309 g/mol. The highest BCUT2D eigenvalue weighted by Gasteiger charge is 2.44. The molecule has 0 heterocycles. The van der Waals surface area contributed by atoms with E-state index in [4.69, 9.17) is 9.84 Å². The Morgan fingerprint density at radius 3 is 2.29 bits per heavy atom. The SMILES string of the molecule is CC(C)(C)OC(=O)N[C@@H](c1ccc(O)cc1F)C(F)(F)F. The highest BCUT2D eigenvalue weighted by Crippen LogP contribution is 2.35. The number of aromatic hydroxyl groups is 1. The number of hydrogen-bond acceptors (Lipinski definition) is 3. The molecule has 0 spiro atoms. The van der Waals surface area contributed by atoms with Crippen LogP contribution in [-0.4, -0.2) is 23.0 Å². The standard InChI is InChI=1S/C13H15F4NO3/c1-12(2,3)21-11(20)18-10(13(15,16)17)8-5-4-7(19)6-9(8)14/h4-6,10,19H,1-3H3,(H,18,20)/t10-/m0/s1. The molecule has 0 aliphatic heterocycles. The molecular weight excluding hydrogens is 294 g/mol. The lowest BCUT2D eigenvalue weighted by atomic mass is 10.1. The Morgan fingerprint density at radius 2 is 1.86 bits per heavy atom. The molecule has 1 atom stereocenters. The third-order valence-corrected chi connectivity index (χ3v) is 2.28. The highest BCUT2D eigenvalue weighted by atomic mass is 19.4. The molecule has 1 amide bonds. The van der Waals surface area contributed by atoms with Crippen molar-refractivity contribution in [3.8, 4) is 5.75 Å². The fourth-order valence-corrected chi connectivity index (χ4v) is 1.51. The first-order valence-corrected chi connectivity index (χ1v) is 5.95. The normalized spacial score (nSPS) is 13.7. The number of alkyl carbamates (subject to hydrolysis) is 1. The molecule has 4 nitrogen and oxygen atoms in total. The Bertz CT molecular complexity index is 523. The van der Waals surface area contributed by atoms with Crippen LogP contribution in [0.2, 0.25) is 0 Å². The van der Waals surface area contributed by atoms with Gasteiger partial charge >= 0.3 is 12.3 Å². The molecule has 0 fully saturated rings. The van der Waals surface area contributed by atoms with Crippen molar-refractivity contribution in [3.63, 3.8) is 0 Å². The summed E-state index contributed by atoms with van der Waals surface area (Å²) in [5, 5.41) is 10.6. The van der Waals surface area contributed by atoms with Crippen LogP contribution in [0.4, 0.5) is 22.4 Å². The van der Waals surface area contributed by atoms with Crippen molar-refractivity contribution in [2.75, 3.05) is 0 Å². The van der Waals surface area contributed by atoms with Crippen LogP contribution in [0.5, 0.6) is 5.75 Å². The van der Waals surface area contributed by atoms with Crippen LogP contribution in [0, 0.1) is 5.82 Å². The second-order valence-electron chi connectivity index (χ2n) is 5.33. The van der Waals surface area contributed by atoms with Crippen molar-refractivity contribution in [3.05, 3.63) is 29.6 Å². The number of carbonyl (C=O) groups excluding carboxylic acids is 1. The summed E-state index contributed by atoms with van der Waals surface area (Å²) in [6.45, 7) is 4.45. The molecule has 0 aromatic heterocycles. The number of phenolic OH excluding ortho intramolecular Hbond substituents is 1. The molecule has 0 saturated heterocycles. The molecule has 1 aromatic carbocycles. The quantitative estimate of drug-likeness (QED) is 0.820. The van der Waals surface area contributed by atoms with Crippen molar-refractivity contribution < 1.29 is 32.2 Å². The summed E-state index contributed by atoms with van der Waals surface area (Å²) in [5.74, 6) is -1.80.